The molecule has 1 N–H and O–H groups in total. The van der Waals surface area contributed by atoms with Crippen molar-refractivity contribution < 1.29 is 9.84 Å². The van der Waals surface area contributed by atoms with Crippen LogP contribution >= 0.6 is 27.5 Å². The molecule has 0 radical (unpaired) electrons. The number of hydrogen-bond acceptors (Lipinski definition) is 2. The van der Waals surface area contributed by atoms with Crippen LogP contribution in [-0.4, -0.2) is 17.3 Å². The molecule has 1 aromatic rings. The molecule has 1 aliphatic carbocycles. The third kappa shape index (κ3) is 2.08. The number of halogens is 2. The summed E-state index contributed by atoms with van der Waals surface area (Å²) < 4.78 is 6.74. The quantitative estimate of drug-likeness (QED) is 0.904. The molecule has 1 aromatic carbocycles. The summed E-state index contributed by atoms with van der Waals surface area (Å²) in [7, 11) is 0. The van der Waals surface area contributed by atoms with Gasteiger partial charge >= 0.3 is 0 Å². The highest BCUT2D eigenvalue weighted by atomic mass is 79.9. The van der Waals surface area contributed by atoms with Crippen LogP contribution in [0, 0.1) is 5.41 Å². The van der Waals surface area contributed by atoms with Crippen molar-refractivity contribution in [2.45, 2.75) is 32.5 Å². The molecule has 2 nitrogen and oxygen atoms in total. The highest BCUT2D eigenvalue weighted by Crippen LogP contribution is 2.44. The van der Waals surface area contributed by atoms with Gasteiger partial charge in [-0.1, -0.05) is 41.4 Å². The second kappa shape index (κ2) is 4.21. The van der Waals surface area contributed by atoms with Crippen LogP contribution in [0.25, 0.3) is 0 Å². The van der Waals surface area contributed by atoms with Crippen molar-refractivity contribution in [2.24, 2.45) is 5.41 Å². The van der Waals surface area contributed by atoms with Crippen molar-refractivity contribution >= 4 is 27.5 Å². The molecule has 1 aliphatic rings. The third-order valence-electron chi connectivity index (χ3n) is 3.29. The van der Waals surface area contributed by atoms with Crippen LogP contribution < -0.4 is 4.74 Å². The minimum atomic E-state index is -0.285. The van der Waals surface area contributed by atoms with E-state index in [0.717, 1.165) is 4.47 Å². The van der Waals surface area contributed by atoms with Crippen LogP contribution in [0.1, 0.15) is 20.3 Å². The fraction of sp³-hybridized carbons (Fsp3) is 0.500. The predicted octanol–water partition coefficient (Wildman–Crippen LogP) is 3.64. The van der Waals surface area contributed by atoms with Crippen molar-refractivity contribution in [1.82, 2.24) is 0 Å². The smallest absolute Gasteiger partial charge is 0.138 e. The number of ether oxygens (including phenoxy) is 1. The molecule has 0 aliphatic heterocycles. The van der Waals surface area contributed by atoms with Crippen LogP contribution in [0.3, 0.4) is 0 Å². The zero-order valence-corrected chi connectivity index (χ0v) is 11.5. The topological polar surface area (TPSA) is 29.5 Å². The molecule has 0 aromatic heterocycles. The summed E-state index contributed by atoms with van der Waals surface area (Å²) in [6, 6.07) is 5.54. The fourth-order valence-corrected chi connectivity index (χ4v) is 2.51. The van der Waals surface area contributed by atoms with E-state index in [1.54, 1.807) is 6.07 Å². The van der Waals surface area contributed by atoms with E-state index in [4.69, 9.17) is 16.3 Å². The predicted molar refractivity (Wildman–Crippen MR) is 68.0 cm³/mol. The molecule has 88 valence electrons. The first-order valence-corrected chi connectivity index (χ1v) is 6.38. The Morgan fingerprint density at radius 2 is 2.19 bits per heavy atom. The van der Waals surface area contributed by atoms with Crippen LogP contribution in [-0.2, 0) is 0 Å². The Morgan fingerprint density at radius 3 is 2.69 bits per heavy atom. The minimum absolute atomic E-state index is 0.0289. The van der Waals surface area contributed by atoms with E-state index in [0.29, 0.717) is 17.2 Å². The Labute approximate surface area is 109 Å². The molecule has 0 bridgehead atoms. The first-order valence-electron chi connectivity index (χ1n) is 5.21. The number of aliphatic hydroxyl groups is 1. The van der Waals surface area contributed by atoms with E-state index in [1.165, 1.54) is 0 Å². The van der Waals surface area contributed by atoms with Crippen LogP contribution in [0.2, 0.25) is 5.02 Å². The summed E-state index contributed by atoms with van der Waals surface area (Å²) in [6.07, 6.45) is 0.409. The SMILES string of the molecule is CC1(C)C(O)CC1Oc1ccc(Br)cc1Cl. The van der Waals surface area contributed by atoms with Gasteiger partial charge in [-0.15, -0.1) is 0 Å². The Balaban J connectivity index is 2.11. The van der Waals surface area contributed by atoms with Crippen LogP contribution in [0.4, 0.5) is 0 Å². The van der Waals surface area contributed by atoms with Crippen molar-refractivity contribution in [2.75, 3.05) is 0 Å². The van der Waals surface area contributed by atoms with Crippen molar-refractivity contribution in [1.29, 1.82) is 0 Å². The van der Waals surface area contributed by atoms with Gasteiger partial charge in [-0.2, -0.15) is 0 Å². The maximum Gasteiger partial charge on any atom is 0.138 e. The summed E-state index contributed by atoms with van der Waals surface area (Å²) >= 11 is 9.41. The summed E-state index contributed by atoms with van der Waals surface area (Å²) in [5.74, 6) is 0.676. The van der Waals surface area contributed by atoms with E-state index in [1.807, 2.05) is 26.0 Å². The van der Waals surface area contributed by atoms with Gasteiger partial charge in [0.25, 0.3) is 0 Å². The van der Waals surface area contributed by atoms with Crippen molar-refractivity contribution in [3.05, 3.63) is 27.7 Å². The number of aliphatic hydroxyl groups excluding tert-OH is 1. The Kier molecular flexibility index (Phi) is 3.21. The lowest BCUT2D eigenvalue weighted by atomic mass is 9.66. The lowest BCUT2D eigenvalue weighted by Gasteiger charge is -2.48. The van der Waals surface area contributed by atoms with Crippen molar-refractivity contribution in [3.63, 3.8) is 0 Å². The molecular formula is C12H14BrClO2. The lowest BCUT2D eigenvalue weighted by molar-refractivity contribution is -0.134. The molecule has 0 spiro atoms. The molecular weight excluding hydrogens is 291 g/mol. The molecule has 2 rings (SSSR count). The average Bonchev–Trinajstić information content (AvgIpc) is 2.21. The van der Waals surface area contributed by atoms with Gasteiger partial charge in [0.2, 0.25) is 0 Å². The van der Waals surface area contributed by atoms with E-state index >= 15 is 0 Å². The standard InChI is InChI=1S/C12H14BrClO2/c1-12(2)10(15)6-11(12)16-9-4-3-7(13)5-8(9)14/h3-5,10-11,15H,6H2,1-2H3. The first-order chi connectivity index (χ1) is 7.41. The van der Waals surface area contributed by atoms with E-state index in [9.17, 15) is 5.11 Å². The molecule has 2 unspecified atom stereocenters. The van der Waals surface area contributed by atoms with E-state index in [2.05, 4.69) is 15.9 Å². The van der Waals surface area contributed by atoms with Gasteiger partial charge in [0.1, 0.15) is 11.9 Å². The average molecular weight is 306 g/mol. The third-order valence-corrected chi connectivity index (χ3v) is 4.08. The number of benzene rings is 1. The molecule has 2 atom stereocenters. The van der Waals surface area contributed by atoms with Gasteiger partial charge in [0.15, 0.2) is 0 Å². The maximum atomic E-state index is 9.62. The fourth-order valence-electron chi connectivity index (χ4n) is 1.79. The maximum absolute atomic E-state index is 9.62. The summed E-state index contributed by atoms with van der Waals surface area (Å²) in [4.78, 5) is 0. The van der Waals surface area contributed by atoms with Gasteiger partial charge in [-0.25, -0.2) is 0 Å². The van der Waals surface area contributed by atoms with E-state index < -0.39 is 0 Å². The zero-order chi connectivity index (χ0) is 11.9. The lowest BCUT2D eigenvalue weighted by Crippen LogP contribution is -2.56. The van der Waals surface area contributed by atoms with Crippen molar-refractivity contribution in [3.8, 4) is 5.75 Å². The summed E-state index contributed by atoms with van der Waals surface area (Å²) in [6.45, 7) is 4.00. The minimum Gasteiger partial charge on any atom is -0.488 e. The Morgan fingerprint density at radius 1 is 1.50 bits per heavy atom. The molecule has 0 amide bonds. The molecule has 0 saturated heterocycles. The van der Waals surface area contributed by atoms with Gasteiger partial charge in [-0.3, -0.25) is 0 Å². The zero-order valence-electron chi connectivity index (χ0n) is 9.21. The molecule has 1 fully saturated rings. The highest BCUT2D eigenvalue weighted by molar-refractivity contribution is 9.10. The molecule has 4 heteroatoms. The largest absolute Gasteiger partial charge is 0.488 e. The molecule has 16 heavy (non-hydrogen) atoms. The van der Waals surface area contributed by atoms with Crippen LogP contribution in [0.15, 0.2) is 22.7 Å². The Bertz CT molecular complexity index is 406. The van der Waals surface area contributed by atoms with Gasteiger partial charge in [-0.05, 0) is 18.2 Å². The highest BCUT2D eigenvalue weighted by Gasteiger charge is 2.49. The molecule has 0 heterocycles. The van der Waals surface area contributed by atoms with Gasteiger partial charge in [0.05, 0.1) is 11.1 Å². The number of rotatable bonds is 2. The van der Waals surface area contributed by atoms with Gasteiger partial charge < -0.3 is 9.84 Å². The molecule has 1 saturated carbocycles. The number of hydrogen-bond donors (Lipinski definition) is 1. The summed E-state index contributed by atoms with van der Waals surface area (Å²) in [5, 5.41) is 10.2. The van der Waals surface area contributed by atoms with Gasteiger partial charge in [0, 0.05) is 16.3 Å². The monoisotopic (exact) mass is 304 g/mol. The first kappa shape index (κ1) is 12.2. The normalized spacial score (nSPS) is 27.3. The second-order valence-electron chi connectivity index (χ2n) is 4.75. The van der Waals surface area contributed by atoms with Crippen LogP contribution in [0.5, 0.6) is 5.75 Å². The summed E-state index contributed by atoms with van der Waals surface area (Å²) in [5.41, 5.74) is -0.198. The Hall–Kier alpha value is -0.250. The van der Waals surface area contributed by atoms with E-state index in [-0.39, 0.29) is 17.6 Å². The second-order valence-corrected chi connectivity index (χ2v) is 6.08.